The molecule has 0 saturated carbocycles. The van der Waals surface area contributed by atoms with Crippen LogP contribution in [0.2, 0.25) is 0 Å². The van der Waals surface area contributed by atoms with Gasteiger partial charge in [0.05, 0.1) is 0 Å². The molecular formula is C11H16N2O2. The van der Waals surface area contributed by atoms with E-state index in [1.807, 2.05) is 0 Å². The molecule has 0 bridgehead atoms. The maximum absolute atomic E-state index is 11.8. The summed E-state index contributed by atoms with van der Waals surface area (Å²) in [6, 6.07) is 6.81. The summed E-state index contributed by atoms with van der Waals surface area (Å²) in [7, 11) is 1.72. The largest absolute Gasteiger partial charge is 0.399 e. The Morgan fingerprint density at radius 1 is 1.40 bits per heavy atom. The highest BCUT2D eigenvalue weighted by Crippen LogP contribution is 2.07. The van der Waals surface area contributed by atoms with Gasteiger partial charge < -0.3 is 15.7 Å². The molecule has 0 aromatic heterocycles. The van der Waals surface area contributed by atoms with Gasteiger partial charge in [0.15, 0.2) is 0 Å². The number of hydrogen-bond donors (Lipinski definition) is 2. The summed E-state index contributed by atoms with van der Waals surface area (Å²) >= 11 is 0. The molecule has 1 rings (SSSR count). The lowest BCUT2D eigenvalue weighted by Gasteiger charge is -2.16. The fourth-order valence-corrected chi connectivity index (χ4v) is 1.26. The van der Waals surface area contributed by atoms with Crippen LogP contribution < -0.4 is 5.73 Å². The highest BCUT2D eigenvalue weighted by Gasteiger charge is 2.10. The van der Waals surface area contributed by atoms with Crippen molar-refractivity contribution in [2.45, 2.75) is 6.42 Å². The van der Waals surface area contributed by atoms with Gasteiger partial charge in [-0.05, 0) is 30.7 Å². The molecule has 0 fully saturated rings. The second-order valence-corrected chi connectivity index (χ2v) is 3.43. The average molecular weight is 208 g/mol. The topological polar surface area (TPSA) is 66.6 Å². The van der Waals surface area contributed by atoms with E-state index in [0.29, 0.717) is 24.2 Å². The van der Waals surface area contributed by atoms with Gasteiger partial charge >= 0.3 is 0 Å². The van der Waals surface area contributed by atoms with Crippen LogP contribution in [0.5, 0.6) is 0 Å². The summed E-state index contributed by atoms with van der Waals surface area (Å²) in [5.74, 6) is -0.0524. The van der Waals surface area contributed by atoms with Crippen molar-refractivity contribution in [2.75, 3.05) is 25.9 Å². The molecule has 82 valence electrons. The van der Waals surface area contributed by atoms with E-state index in [0.717, 1.165) is 0 Å². The number of rotatable bonds is 4. The Kier molecular flexibility index (Phi) is 4.12. The molecule has 1 aromatic rings. The third kappa shape index (κ3) is 3.25. The molecule has 0 spiro atoms. The molecule has 0 aliphatic carbocycles. The molecule has 0 aliphatic heterocycles. The van der Waals surface area contributed by atoms with Gasteiger partial charge in [-0.1, -0.05) is 0 Å². The minimum atomic E-state index is -0.0524. The highest BCUT2D eigenvalue weighted by molar-refractivity contribution is 5.94. The number of aliphatic hydroxyl groups excluding tert-OH is 1. The molecule has 0 radical (unpaired) electrons. The van der Waals surface area contributed by atoms with Crippen LogP contribution in [0.15, 0.2) is 24.3 Å². The van der Waals surface area contributed by atoms with E-state index in [9.17, 15) is 4.79 Å². The van der Waals surface area contributed by atoms with Crippen molar-refractivity contribution in [3.05, 3.63) is 29.8 Å². The van der Waals surface area contributed by atoms with Crippen molar-refractivity contribution >= 4 is 11.6 Å². The maximum atomic E-state index is 11.8. The Hall–Kier alpha value is -1.55. The van der Waals surface area contributed by atoms with Crippen LogP contribution >= 0.6 is 0 Å². The molecule has 4 nitrogen and oxygen atoms in total. The molecule has 0 atom stereocenters. The minimum Gasteiger partial charge on any atom is -0.399 e. The van der Waals surface area contributed by atoms with E-state index in [1.54, 1.807) is 36.2 Å². The lowest BCUT2D eigenvalue weighted by atomic mass is 10.2. The zero-order valence-electron chi connectivity index (χ0n) is 8.81. The first-order chi connectivity index (χ1) is 7.15. The summed E-state index contributed by atoms with van der Waals surface area (Å²) in [5, 5.41) is 8.65. The van der Waals surface area contributed by atoms with Gasteiger partial charge in [-0.15, -0.1) is 0 Å². The fourth-order valence-electron chi connectivity index (χ4n) is 1.26. The van der Waals surface area contributed by atoms with Gasteiger partial charge in [-0.25, -0.2) is 0 Å². The van der Waals surface area contributed by atoms with Crippen molar-refractivity contribution in [3.8, 4) is 0 Å². The normalized spacial score (nSPS) is 10.0. The summed E-state index contributed by atoms with van der Waals surface area (Å²) in [4.78, 5) is 13.4. The van der Waals surface area contributed by atoms with E-state index in [2.05, 4.69) is 0 Å². The standard InChI is InChI=1S/C11H16N2O2/c1-13(7-2-8-14)11(15)9-3-5-10(12)6-4-9/h3-6,14H,2,7-8,12H2,1H3. The fraction of sp³-hybridized carbons (Fsp3) is 0.364. The number of amides is 1. The molecule has 1 amide bonds. The number of anilines is 1. The van der Waals surface area contributed by atoms with Gasteiger partial charge in [-0.2, -0.15) is 0 Å². The summed E-state index contributed by atoms with van der Waals surface area (Å²) in [6.07, 6.45) is 0.594. The first-order valence-electron chi connectivity index (χ1n) is 4.87. The van der Waals surface area contributed by atoms with Crippen molar-refractivity contribution in [3.63, 3.8) is 0 Å². The third-order valence-electron chi connectivity index (χ3n) is 2.16. The smallest absolute Gasteiger partial charge is 0.253 e. The number of hydrogen-bond acceptors (Lipinski definition) is 3. The van der Waals surface area contributed by atoms with Gasteiger partial charge in [0.1, 0.15) is 0 Å². The Balaban J connectivity index is 2.63. The Morgan fingerprint density at radius 3 is 2.53 bits per heavy atom. The molecule has 0 unspecified atom stereocenters. The van der Waals surface area contributed by atoms with E-state index in [1.165, 1.54) is 0 Å². The second-order valence-electron chi connectivity index (χ2n) is 3.43. The van der Waals surface area contributed by atoms with Crippen LogP contribution in [0.4, 0.5) is 5.69 Å². The van der Waals surface area contributed by atoms with Crippen LogP contribution in [-0.4, -0.2) is 36.1 Å². The van der Waals surface area contributed by atoms with E-state index >= 15 is 0 Å². The Labute approximate surface area is 89.3 Å². The predicted octanol–water partition coefficient (Wildman–Crippen LogP) is 0.723. The van der Waals surface area contributed by atoms with Crippen LogP contribution in [0.25, 0.3) is 0 Å². The zero-order valence-corrected chi connectivity index (χ0v) is 8.81. The first kappa shape index (κ1) is 11.5. The first-order valence-corrected chi connectivity index (χ1v) is 4.87. The minimum absolute atomic E-state index is 0.0524. The summed E-state index contributed by atoms with van der Waals surface area (Å²) < 4.78 is 0. The van der Waals surface area contributed by atoms with Crippen molar-refractivity contribution in [1.29, 1.82) is 0 Å². The predicted molar refractivity (Wildman–Crippen MR) is 59.5 cm³/mol. The van der Waals surface area contributed by atoms with Gasteiger partial charge in [0, 0.05) is 31.5 Å². The van der Waals surface area contributed by atoms with Gasteiger partial charge in [0.25, 0.3) is 5.91 Å². The lowest BCUT2D eigenvalue weighted by Crippen LogP contribution is -2.28. The van der Waals surface area contributed by atoms with Crippen molar-refractivity contribution in [2.24, 2.45) is 0 Å². The zero-order chi connectivity index (χ0) is 11.3. The van der Waals surface area contributed by atoms with Crippen molar-refractivity contribution < 1.29 is 9.90 Å². The van der Waals surface area contributed by atoms with Gasteiger partial charge in [-0.3, -0.25) is 4.79 Å². The second kappa shape index (κ2) is 5.36. The number of benzene rings is 1. The Bertz CT molecular complexity index is 322. The molecule has 1 aromatic carbocycles. The number of nitrogens with two attached hydrogens (primary N) is 1. The highest BCUT2D eigenvalue weighted by atomic mass is 16.3. The quantitative estimate of drug-likeness (QED) is 0.717. The number of carbonyl (C=O) groups is 1. The molecule has 0 saturated heterocycles. The van der Waals surface area contributed by atoms with Crippen molar-refractivity contribution in [1.82, 2.24) is 4.90 Å². The number of nitrogens with zero attached hydrogens (tertiary/aromatic N) is 1. The van der Waals surface area contributed by atoms with Crippen LogP contribution in [0, 0.1) is 0 Å². The summed E-state index contributed by atoms with van der Waals surface area (Å²) in [6.45, 7) is 0.652. The van der Waals surface area contributed by atoms with E-state index < -0.39 is 0 Å². The SMILES string of the molecule is CN(CCCO)C(=O)c1ccc(N)cc1. The van der Waals surface area contributed by atoms with E-state index in [-0.39, 0.29) is 12.5 Å². The lowest BCUT2D eigenvalue weighted by molar-refractivity contribution is 0.0786. The molecule has 0 aliphatic rings. The molecule has 3 N–H and O–H groups in total. The average Bonchev–Trinajstić information content (AvgIpc) is 2.26. The Morgan fingerprint density at radius 2 is 2.00 bits per heavy atom. The van der Waals surface area contributed by atoms with Crippen LogP contribution in [-0.2, 0) is 0 Å². The van der Waals surface area contributed by atoms with Crippen LogP contribution in [0.1, 0.15) is 16.8 Å². The molecule has 4 heteroatoms. The number of aliphatic hydroxyl groups is 1. The molecule has 0 heterocycles. The molecular weight excluding hydrogens is 192 g/mol. The van der Waals surface area contributed by atoms with Gasteiger partial charge in [0.2, 0.25) is 0 Å². The third-order valence-corrected chi connectivity index (χ3v) is 2.16. The monoisotopic (exact) mass is 208 g/mol. The summed E-state index contributed by atoms with van der Waals surface area (Å²) in [5.41, 5.74) is 6.78. The number of carbonyl (C=O) groups excluding carboxylic acids is 1. The number of nitrogen functional groups attached to an aromatic ring is 1. The molecule has 15 heavy (non-hydrogen) atoms. The maximum Gasteiger partial charge on any atom is 0.253 e. The van der Waals surface area contributed by atoms with E-state index in [4.69, 9.17) is 10.8 Å². The van der Waals surface area contributed by atoms with Crippen LogP contribution in [0.3, 0.4) is 0 Å².